The highest BCUT2D eigenvalue weighted by atomic mass is 19.1. The third kappa shape index (κ3) is 3.35. The van der Waals surface area contributed by atoms with E-state index in [0.29, 0.717) is 28.3 Å². The zero-order valence-corrected chi connectivity index (χ0v) is 15.1. The molecule has 7 heteroatoms. The number of anilines is 1. The summed E-state index contributed by atoms with van der Waals surface area (Å²) in [5.41, 5.74) is 4.25. The lowest BCUT2D eigenvalue weighted by molar-refractivity contribution is 0.102. The monoisotopic (exact) mass is 376 g/mol. The Bertz CT molecular complexity index is 1170. The molecule has 0 unspecified atom stereocenters. The summed E-state index contributed by atoms with van der Waals surface area (Å²) in [5.74, 6) is -0.697. The second kappa shape index (κ2) is 7.21. The van der Waals surface area contributed by atoms with Crippen LogP contribution in [-0.4, -0.2) is 25.4 Å². The largest absolute Gasteiger partial charge is 0.390 e. The molecule has 0 saturated carbocycles. The van der Waals surface area contributed by atoms with E-state index in [1.165, 1.54) is 24.3 Å². The third-order valence-corrected chi connectivity index (χ3v) is 4.44. The second-order valence-electron chi connectivity index (χ2n) is 6.36. The highest BCUT2D eigenvalue weighted by Gasteiger charge is 2.15. The minimum atomic E-state index is -0.368. The van der Waals surface area contributed by atoms with Gasteiger partial charge in [-0.05, 0) is 49.4 Å². The van der Waals surface area contributed by atoms with Gasteiger partial charge in [0.25, 0.3) is 5.91 Å². The summed E-state index contributed by atoms with van der Waals surface area (Å²) in [6.45, 7) is 1.60. The van der Waals surface area contributed by atoms with E-state index in [4.69, 9.17) is 0 Å². The second-order valence-corrected chi connectivity index (χ2v) is 6.36. The lowest BCUT2D eigenvalue weighted by atomic mass is 10.0. The molecule has 3 heterocycles. The Morgan fingerprint density at radius 3 is 2.79 bits per heavy atom. The molecule has 0 radical (unpaired) electrons. The van der Waals surface area contributed by atoms with Gasteiger partial charge in [0.1, 0.15) is 11.5 Å². The first-order valence-corrected chi connectivity index (χ1v) is 8.66. The van der Waals surface area contributed by atoms with Crippen LogP contribution in [0.5, 0.6) is 0 Å². The smallest absolute Gasteiger partial charge is 0.257 e. The molecule has 0 bridgehead atoms. The lowest BCUT2D eigenvalue weighted by Gasteiger charge is -2.10. The topological polar surface area (TPSA) is 79.5 Å². The first kappa shape index (κ1) is 17.8. The van der Waals surface area contributed by atoms with Crippen molar-refractivity contribution in [2.24, 2.45) is 0 Å². The number of amides is 1. The maximum absolute atomic E-state index is 13.1. The number of aryl methyl sites for hydroxylation is 1. The van der Waals surface area contributed by atoms with Gasteiger partial charge in [-0.25, -0.2) is 9.37 Å². The number of halogens is 1. The number of carbonyl (C=O) groups is 1. The van der Waals surface area contributed by atoms with E-state index in [1.54, 1.807) is 25.4 Å². The first-order valence-electron chi connectivity index (χ1n) is 8.66. The summed E-state index contributed by atoms with van der Waals surface area (Å²) in [6, 6.07) is 11.1. The summed E-state index contributed by atoms with van der Waals surface area (Å²) in [6.07, 6.45) is 5.28. The lowest BCUT2D eigenvalue weighted by Crippen LogP contribution is -2.14. The number of pyridine rings is 2. The number of aromatic nitrogens is 3. The molecule has 1 aromatic carbocycles. The van der Waals surface area contributed by atoms with Gasteiger partial charge in [-0.3, -0.25) is 9.78 Å². The zero-order chi connectivity index (χ0) is 19.7. The van der Waals surface area contributed by atoms with Crippen molar-refractivity contribution in [1.82, 2.24) is 14.4 Å². The number of benzene rings is 1. The molecule has 0 fully saturated rings. The molecule has 0 atom stereocenters. The number of fused-ring (bicyclic) bond motifs is 1. The Labute approximate surface area is 160 Å². The summed E-state index contributed by atoms with van der Waals surface area (Å²) in [4.78, 5) is 21.5. The van der Waals surface area contributed by atoms with Gasteiger partial charge in [-0.2, -0.15) is 0 Å². The van der Waals surface area contributed by atoms with Crippen molar-refractivity contribution >= 4 is 17.2 Å². The number of nitrogens with one attached hydrogen (secondary N) is 1. The number of hydrogen-bond acceptors (Lipinski definition) is 4. The van der Waals surface area contributed by atoms with Crippen molar-refractivity contribution in [3.05, 3.63) is 83.8 Å². The molecule has 0 aliphatic rings. The van der Waals surface area contributed by atoms with Crippen LogP contribution in [0.25, 0.3) is 16.8 Å². The van der Waals surface area contributed by atoms with Crippen molar-refractivity contribution < 1.29 is 14.3 Å². The summed E-state index contributed by atoms with van der Waals surface area (Å²) in [7, 11) is 0. The number of carbonyl (C=O) groups excluding carboxylic acids is 1. The van der Waals surface area contributed by atoms with E-state index in [1.807, 2.05) is 22.7 Å². The normalized spacial score (nSPS) is 11.0. The van der Waals surface area contributed by atoms with Gasteiger partial charge in [-0.15, -0.1) is 0 Å². The fourth-order valence-corrected chi connectivity index (χ4v) is 3.01. The standard InChI is InChI=1S/C21H17FN4O2/c1-13-19(21(28)25-16-6-4-15(22)5-7-16)9-14(10-23-13)18-3-2-8-26-11-17(12-27)24-20(18)26/h2-11,27H,12H2,1H3,(H,25,28). The average Bonchev–Trinajstić information content (AvgIpc) is 3.13. The minimum Gasteiger partial charge on any atom is -0.390 e. The fourth-order valence-electron chi connectivity index (χ4n) is 3.01. The highest BCUT2D eigenvalue weighted by Crippen LogP contribution is 2.26. The Morgan fingerprint density at radius 1 is 1.25 bits per heavy atom. The number of aliphatic hydroxyl groups excluding tert-OH is 1. The average molecular weight is 376 g/mol. The molecule has 3 aromatic heterocycles. The number of rotatable bonds is 4. The summed E-state index contributed by atoms with van der Waals surface area (Å²) in [5, 5.41) is 12.1. The van der Waals surface area contributed by atoms with Crippen LogP contribution in [0.4, 0.5) is 10.1 Å². The SMILES string of the molecule is Cc1ncc(-c2cccn3cc(CO)nc23)cc1C(=O)Nc1ccc(F)cc1. The van der Waals surface area contributed by atoms with Gasteiger partial charge >= 0.3 is 0 Å². The molecule has 4 rings (SSSR count). The van der Waals surface area contributed by atoms with Crippen molar-refractivity contribution in [3.63, 3.8) is 0 Å². The Hall–Kier alpha value is -3.58. The van der Waals surface area contributed by atoms with Crippen molar-refractivity contribution in [3.8, 4) is 11.1 Å². The van der Waals surface area contributed by atoms with Gasteiger partial charge in [-0.1, -0.05) is 0 Å². The van der Waals surface area contributed by atoms with Crippen LogP contribution in [0.3, 0.4) is 0 Å². The molecular weight excluding hydrogens is 359 g/mol. The molecule has 0 aliphatic heterocycles. The predicted molar refractivity (Wildman–Crippen MR) is 103 cm³/mol. The van der Waals surface area contributed by atoms with E-state index < -0.39 is 0 Å². The Morgan fingerprint density at radius 2 is 2.04 bits per heavy atom. The van der Waals surface area contributed by atoms with E-state index in [2.05, 4.69) is 15.3 Å². The number of hydrogen-bond donors (Lipinski definition) is 2. The van der Waals surface area contributed by atoms with Gasteiger partial charge in [0, 0.05) is 35.4 Å². The first-order chi connectivity index (χ1) is 13.5. The fraction of sp³-hybridized carbons (Fsp3) is 0.0952. The molecule has 2 N–H and O–H groups in total. The summed E-state index contributed by atoms with van der Waals surface area (Å²) < 4.78 is 14.9. The van der Waals surface area contributed by atoms with E-state index in [0.717, 1.165) is 11.1 Å². The molecule has 140 valence electrons. The van der Waals surface area contributed by atoms with Crippen LogP contribution in [-0.2, 0) is 6.61 Å². The molecule has 0 aliphatic carbocycles. The van der Waals surface area contributed by atoms with Crippen LogP contribution >= 0.6 is 0 Å². The minimum absolute atomic E-state index is 0.154. The molecule has 0 saturated heterocycles. The van der Waals surface area contributed by atoms with Crippen LogP contribution in [0.2, 0.25) is 0 Å². The number of nitrogens with zero attached hydrogens (tertiary/aromatic N) is 3. The predicted octanol–water partition coefficient (Wildman–Crippen LogP) is 3.59. The quantitative estimate of drug-likeness (QED) is 0.570. The highest BCUT2D eigenvalue weighted by molar-refractivity contribution is 6.05. The number of imidazole rings is 1. The van der Waals surface area contributed by atoms with E-state index in [9.17, 15) is 14.3 Å². The van der Waals surface area contributed by atoms with Crippen LogP contribution in [0.15, 0.2) is 61.1 Å². The molecular formula is C21H17FN4O2. The molecule has 4 aromatic rings. The van der Waals surface area contributed by atoms with Crippen LogP contribution in [0, 0.1) is 12.7 Å². The number of aliphatic hydroxyl groups is 1. The molecule has 28 heavy (non-hydrogen) atoms. The van der Waals surface area contributed by atoms with Gasteiger partial charge in [0.05, 0.1) is 23.6 Å². The molecule has 0 spiro atoms. The zero-order valence-electron chi connectivity index (χ0n) is 15.1. The molecule has 1 amide bonds. The maximum atomic E-state index is 13.1. The van der Waals surface area contributed by atoms with E-state index >= 15 is 0 Å². The van der Waals surface area contributed by atoms with Gasteiger partial charge in [0.2, 0.25) is 0 Å². The van der Waals surface area contributed by atoms with E-state index in [-0.39, 0.29) is 18.3 Å². The van der Waals surface area contributed by atoms with Gasteiger partial charge < -0.3 is 14.8 Å². The van der Waals surface area contributed by atoms with Crippen LogP contribution < -0.4 is 5.32 Å². The molecule has 6 nitrogen and oxygen atoms in total. The Kier molecular flexibility index (Phi) is 4.58. The Balaban J connectivity index is 1.72. The maximum Gasteiger partial charge on any atom is 0.257 e. The van der Waals surface area contributed by atoms with Crippen molar-refractivity contribution in [2.45, 2.75) is 13.5 Å². The third-order valence-electron chi connectivity index (χ3n) is 4.44. The van der Waals surface area contributed by atoms with Crippen LogP contribution in [0.1, 0.15) is 21.7 Å². The summed E-state index contributed by atoms with van der Waals surface area (Å²) >= 11 is 0. The van der Waals surface area contributed by atoms with Crippen molar-refractivity contribution in [1.29, 1.82) is 0 Å². The van der Waals surface area contributed by atoms with Gasteiger partial charge in [0.15, 0.2) is 0 Å². The van der Waals surface area contributed by atoms with Crippen molar-refractivity contribution in [2.75, 3.05) is 5.32 Å².